The first kappa shape index (κ1) is 20.8. The summed E-state index contributed by atoms with van der Waals surface area (Å²) in [6.45, 7) is 4.49. The highest BCUT2D eigenvalue weighted by atomic mass is 32.1. The van der Waals surface area contributed by atoms with Crippen LogP contribution >= 0.6 is 12.2 Å². The molecule has 0 saturated carbocycles. The molecule has 0 aliphatic heterocycles. The number of carbonyl (C=O) groups excluding carboxylic acids is 1. The van der Waals surface area contributed by atoms with Crippen molar-refractivity contribution in [2.45, 2.75) is 33.2 Å². The van der Waals surface area contributed by atoms with Crippen LogP contribution in [0.3, 0.4) is 0 Å². The number of benzene rings is 2. The third-order valence-corrected chi connectivity index (χ3v) is 5.07. The average Bonchev–Trinajstić information content (AvgIpc) is 2.92. The van der Waals surface area contributed by atoms with Crippen LogP contribution in [0.1, 0.15) is 23.7 Å². The van der Waals surface area contributed by atoms with Crippen LogP contribution < -0.4 is 0 Å². The van der Waals surface area contributed by atoms with E-state index in [1.165, 1.54) is 34.4 Å². The van der Waals surface area contributed by atoms with Gasteiger partial charge in [-0.2, -0.15) is 0 Å². The number of imidazole rings is 1. The third kappa shape index (κ3) is 4.74. The quantitative estimate of drug-likeness (QED) is 0.457. The molecule has 0 saturated heterocycles. The van der Waals surface area contributed by atoms with Crippen molar-refractivity contribution in [1.82, 2.24) is 9.13 Å². The molecule has 152 valence electrons. The van der Waals surface area contributed by atoms with Crippen molar-refractivity contribution in [1.29, 1.82) is 0 Å². The van der Waals surface area contributed by atoms with Gasteiger partial charge in [-0.15, -0.1) is 0 Å². The van der Waals surface area contributed by atoms with E-state index in [0.717, 1.165) is 5.56 Å². The van der Waals surface area contributed by atoms with E-state index < -0.39 is 5.97 Å². The van der Waals surface area contributed by atoms with Crippen molar-refractivity contribution in [2.24, 2.45) is 0 Å². The van der Waals surface area contributed by atoms with Crippen LogP contribution in [0.5, 0.6) is 5.88 Å². The van der Waals surface area contributed by atoms with Crippen molar-refractivity contribution in [3.63, 3.8) is 0 Å². The molecule has 0 fully saturated rings. The highest BCUT2D eigenvalue weighted by Gasteiger charge is 2.21. The second-order valence-electron chi connectivity index (χ2n) is 6.73. The monoisotopic (exact) mass is 414 g/mol. The fourth-order valence-corrected chi connectivity index (χ4v) is 3.54. The number of carbonyl (C=O) groups is 1. The maximum atomic E-state index is 13.3. The highest BCUT2D eigenvalue weighted by molar-refractivity contribution is 7.71. The highest BCUT2D eigenvalue weighted by Crippen LogP contribution is 2.27. The van der Waals surface area contributed by atoms with Crippen LogP contribution in [-0.4, -0.2) is 26.8 Å². The smallest absolute Gasteiger partial charge is 0.311 e. The van der Waals surface area contributed by atoms with Gasteiger partial charge < -0.3 is 14.4 Å². The molecule has 3 rings (SSSR count). The molecule has 0 spiro atoms. The average molecular weight is 415 g/mol. The summed E-state index contributed by atoms with van der Waals surface area (Å²) >= 11 is 5.59. The third-order valence-electron chi connectivity index (χ3n) is 4.66. The summed E-state index contributed by atoms with van der Waals surface area (Å²) in [6.07, 6.45) is 0.572. The van der Waals surface area contributed by atoms with Crippen molar-refractivity contribution in [3.8, 4) is 11.6 Å². The normalized spacial score (nSPS) is 10.9. The number of nitrogens with zero attached hydrogens (tertiary/aromatic N) is 2. The summed E-state index contributed by atoms with van der Waals surface area (Å²) in [6, 6.07) is 13.8. The zero-order valence-electron chi connectivity index (χ0n) is 16.4. The number of ether oxygens (including phenoxy) is 1. The molecule has 5 nitrogen and oxygen atoms in total. The second kappa shape index (κ2) is 9.05. The van der Waals surface area contributed by atoms with Gasteiger partial charge in [-0.25, -0.2) is 4.39 Å². The molecule has 0 amide bonds. The molecule has 0 atom stereocenters. The van der Waals surface area contributed by atoms with Crippen LogP contribution in [0.15, 0.2) is 48.5 Å². The number of rotatable bonds is 7. The van der Waals surface area contributed by atoms with Crippen molar-refractivity contribution < 1.29 is 19.0 Å². The number of hydrogen-bond donors (Lipinski definition) is 1. The van der Waals surface area contributed by atoms with E-state index in [0.29, 0.717) is 29.1 Å². The fourth-order valence-electron chi connectivity index (χ4n) is 3.15. The molecule has 1 N–H and O–H groups in total. The van der Waals surface area contributed by atoms with E-state index in [9.17, 15) is 14.3 Å². The van der Waals surface area contributed by atoms with Crippen molar-refractivity contribution in [3.05, 3.63) is 75.9 Å². The maximum absolute atomic E-state index is 13.3. The van der Waals surface area contributed by atoms with Crippen LogP contribution in [0.4, 0.5) is 4.39 Å². The Bertz CT molecular complexity index is 1050. The van der Waals surface area contributed by atoms with Gasteiger partial charge in [0.25, 0.3) is 0 Å². The topological polar surface area (TPSA) is 56.4 Å². The molecule has 1 heterocycles. The standard InChI is InChI=1S/C22H23FN2O3S/c1-3-28-20(26)14-19-21(27)25(18-10-8-17(23)9-11-18)22(29)24(19)13-12-16-6-4-15(2)5-7-16/h4-11,27H,3,12-14H2,1-2H3. The summed E-state index contributed by atoms with van der Waals surface area (Å²) < 4.78 is 21.9. The van der Waals surface area contributed by atoms with Gasteiger partial charge in [0.2, 0.25) is 5.88 Å². The van der Waals surface area contributed by atoms with E-state index in [1.54, 1.807) is 11.5 Å². The van der Waals surface area contributed by atoms with Crippen LogP contribution in [0.25, 0.3) is 5.69 Å². The van der Waals surface area contributed by atoms with Gasteiger partial charge in [0.15, 0.2) is 4.77 Å². The lowest BCUT2D eigenvalue weighted by molar-refractivity contribution is -0.142. The Hall–Kier alpha value is -2.93. The number of aromatic hydroxyl groups is 1. The van der Waals surface area contributed by atoms with E-state index in [-0.39, 0.29) is 24.7 Å². The Morgan fingerprint density at radius 1 is 1.14 bits per heavy atom. The Labute approximate surface area is 174 Å². The minimum absolute atomic E-state index is 0.106. The maximum Gasteiger partial charge on any atom is 0.311 e. The molecule has 0 aliphatic carbocycles. The van der Waals surface area contributed by atoms with Crippen molar-refractivity contribution >= 4 is 18.2 Å². The van der Waals surface area contributed by atoms with Crippen LogP contribution in [-0.2, 0) is 28.9 Å². The molecule has 7 heteroatoms. The Morgan fingerprint density at radius 2 is 1.79 bits per heavy atom. The number of hydrogen-bond acceptors (Lipinski definition) is 4. The van der Waals surface area contributed by atoms with Gasteiger partial charge in [0.1, 0.15) is 5.82 Å². The van der Waals surface area contributed by atoms with Gasteiger partial charge >= 0.3 is 5.97 Å². The lowest BCUT2D eigenvalue weighted by Gasteiger charge is -2.08. The second-order valence-corrected chi connectivity index (χ2v) is 7.10. The fraction of sp³-hybridized carbons (Fsp3) is 0.273. The summed E-state index contributed by atoms with van der Waals surface area (Å²) in [7, 11) is 0. The summed E-state index contributed by atoms with van der Waals surface area (Å²) in [5.41, 5.74) is 3.19. The molecule has 29 heavy (non-hydrogen) atoms. The molecular weight excluding hydrogens is 391 g/mol. The number of aromatic nitrogens is 2. The van der Waals surface area contributed by atoms with Crippen molar-refractivity contribution in [2.75, 3.05) is 6.61 Å². The van der Waals surface area contributed by atoms with E-state index >= 15 is 0 Å². The zero-order chi connectivity index (χ0) is 21.0. The number of halogens is 1. The van der Waals surface area contributed by atoms with E-state index in [2.05, 4.69) is 0 Å². The molecular formula is C22H23FN2O3S. The Balaban J connectivity index is 2.00. The first-order valence-corrected chi connectivity index (χ1v) is 9.82. The van der Waals surface area contributed by atoms with Gasteiger partial charge in [-0.05, 0) is 62.3 Å². The molecule has 2 aromatic carbocycles. The number of aryl methyl sites for hydroxylation is 2. The minimum atomic E-state index is -0.446. The van der Waals surface area contributed by atoms with E-state index in [4.69, 9.17) is 17.0 Å². The predicted molar refractivity (Wildman–Crippen MR) is 111 cm³/mol. The molecule has 0 bridgehead atoms. The predicted octanol–water partition coefficient (Wildman–Crippen LogP) is 4.51. The largest absolute Gasteiger partial charge is 0.493 e. The van der Waals surface area contributed by atoms with Gasteiger partial charge in [0.05, 0.1) is 24.4 Å². The minimum Gasteiger partial charge on any atom is -0.493 e. The lowest BCUT2D eigenvalue weighted by Crippen LogP contribution is -2.13. The molecule has 1 aromatic heterocycles. The van der Waals surface area contributed by atoms with E-state index in [1.807, 2.05) is 31.2 Å². The van der Waals surface area contributed by atoms with Crippen LogP contribution in [0, 0.1) is 17.5 Å². The van der Waals surface area contributed by atoms with Gasteiger partial charge in [-0.3, -0.25) is 9.36 Å². The van der Waals surface area contributed by atoms with Gasteiger partial charge in [-0.1, -0.05) is 29.8 Å². The Morgan fingerprint density at radius 3 is 2.41 bits per heavy atom. The first-order chi connectivity index (χ1) is 13.9. The molecule has 0 unspecified atom stereocenters. The summed E-state index contributed by atoms with van der Waals surface area (Å²) in [5, 5.41) is 10.8. The molecule has 3 aromatic rings. The van der Waals surface area contributed by atoms with Crippen LogP contribution in [0.2, 0.25) is 0 Å². The zero-order valence-corrected chi connectivity index (χ0v) is 17.2. The SMILES string of the molecule is CCOC(=O)Cc1c(O)n(-c2ccc(F)cc2)c(=S)n1CCc1ccc(C)cc1. The Kier molecular flexibility index (Phi) is 6.49. The molecule has 0 radical (unpaired) electrons. The lowest BCUT2D eigenvalue weighted by atomic mass is 10.1. The van der Waals surface area contributed by atoms with Gasteiger partial charge in [0, 0.05) is 6.54 Å². The number of esters is 1. The first-order valence-electron chi connectivity index (χ1n) is 9.41. The molecule has 0 aliphatic rings. The summed E-state index contributed by atoms with van der Waals surface area (Å²) in [4.78, 5) is 12.1. The summed E-state index contributed by atoms with van der Waals surface area (Å²) in [5.74, 6) is -0.970.